The minimum Gasteiger partial charge on any atom is -0.476 e. The molecule has 0 spiro atoms. The van der Waals surface area contributed by atoms with Gasteiger partial charge in [0.15, 0.2) is 0 Å². The maximum Gasteiger partial charge on any atom is 0.275 e. The summed E-state index contributed by atoms with van der Waals surface area (Å²) in [5, 5.41) is 5.96. The Morgan fingerprint density at radius 1 is 1.17 bits per heavy atom. The number of aromatic nitrogens is 4. The molecule has 0 aliphatic heterocycles. The number of amides is 1. The van der Waals surface area contributed by atoms with Crippen LogP contribution in [0.1, 0.15) is 16.2 Å². The zero-order chi connectivity index (χ0) is 20.5. The number of hydrogen-bond acceptors (Lipinski definition) is 9. The zero-order valence-electron chi connectivity index (χ0n) is 15.8. The van der Waals surface area contributed by atoms with Crippen molar-refractivity contribution in [2.75, 3.05) is 35.0 Å². The van der Waals surface area contributed by atoms with Gasteiger partial charge in [0.25, 0.3) is 5.91 Å². The lowest BCUT2D eigenvalue weighted by Gasteiger charge is -2.09. The molecule has 0 radical (unpaired) electrons. The van der Waals surface area contributed by atoms with Gasteiger partial charge in [0, 0.05) is 23.8 Å². The highest BCUT2D eigenvalue weighted by atomic mass is 32.2. The number of hydrogen-bond donors (Lipinski definition) is 3. The quantitative estimate of drug-likeness (QED) is 0.455. The first-order valence-electron chi connectivity index (χ1n) is 8.80. The molecule has 0 aliphatic rings. The predicted molar refractivity (Wildman–Crippen MR) is 114 cm³/mol. The molecule has 10 heteroatoms. The first-order valence-corrected chi connectivity index (χ1v) is 10.2. The number of rotatable bonds is 9. The van der Waals surface area contributed by atoms with Gasteiger partial charge in [0.1, 0.15) is 11.5 Å². The molecule has 0 fully saturated rings. The summed E-state index contributed by atoms with van der Waals surface area (Å²) in [5.74, 6) is 1.30. The van der Waals surface area contributed by atoms with Crippen LogP contribution in [0.5, 0.6) is 5.88 Å². The van der Waals surface area contributed by atoms with Crippen LogP contribution < -0.4 is 21.1 Å². The normalized spacial score (nSPS) is 10.4. The Balaban J connectivity index is 1.58. The van der Waals surface area contributed by atoms with Gasteiger partial charge in [-0.2, -0.15) is 11.8 Å². The van der Waals surface area contributed by atoms with Crippen molar-refractivity contribution in [1.29, 1.82) is 0 Å². The summed E-state index contributed by atoms with van der Waals surface area (Å²) < 4.78 is 5.43. The standard InChI is InChI=1S/C19H21N7O2S/c1-29-8-7-28-17-12-24-16(11-25-17)19(27)26-13-4-6-21-14(9-13)10-23-15-3-2-5-22-18(15)20/h2-6,9,11-12,23H,7-8,10H2,1H3,(H2,20,22)(H,21,26,27). The first kappa shape index (κ1) is 20.3. The van der Waals surface area contributed by atoms with Crippen molar-refractivity contribution in [3.63, 3.8) is 0 Å². The smallest absolute Gasteiger partial charge is 0.275 e. The SMILES string of the molecule is CSCCOc1cnc(C(=O)Nc2ccnc(CNc3cccnc3N)c2)cn1. The molecule has 0 bridgehead atoms. The van der Waals surface area contributed by atoms with Crippen LogP contribution in [0.2, 0.25) is 0 Å². The summed E-state index contributed by atoms with van der Waals surface area (Å²) in [6.07, 6.45) is 8.07. The van der Waals surface area contributed by atoms with Crippen LogP contribution in [-0.2, 0) is 6.54 Å². The third kappa shape index (κ3) is 6.04. The van der Waals surface area contributed by atoms with Crippen molar-refractivity contribution in [2.24, 2.45) is 0 Å². The molecule has 1 amide bonds. The van der Waals surface area contributed by atoms with Crippen molar-refractivity contribution in [3.8, 4) is 5.88 Å². The van der Waals surface area contributed by atoms with Gasteiger partial charge in [-0.25, -0.2) is 15.0 Å². The molecule has 3 heterocycles. The fraction of sp³-hybridized carbons (Fsp3) is 0.211. The molecule has 0 aliphatic carbocycles. The van der Waals surface area contributed by atoms with Gasteiger partial charge in [0.05, 0.1) is 36.9 Å². The molecule has 0 unspecified atom stereocenters. The van der Waals surface area contributed by atoms with Crippen LogP contribution in [-0.4, -0.2) is 44.5 Å². The van der Waals surface area contributed by atoms with Gasteiger partial charge in [-0.15, -0.1) is 0 Å². The molecule has 0 saturated carbocycles. The number of nitrogens with zero attached hydrogens (tertiary/aromatic N) is 4. The molecule has 4 N–H and O–H groups in total. The summed E-state index contributed by atoms with van der Waals surface area (Å²) in [7, 11) is 0. The van der Waals surface area contributed by atoms with E-state index in [1.807, 2.05) is 12.3 Å². The maximum absolute atomic E-state index is 12.4. The summed E-state index contributed by atoms with van der Waals surface area (Å²) in [5.41, 5.74) is 8.06. The van der Waals surface area contributed by atoms with Crippen LogP contribution in [0, 0.1) is 0 Å². The van der Waals surface area contributed by atoms with E-state index in [0.717, 1.165) is 17.1 Å². The van der Waals surface area contributed by atoms with E-state index in [4.69, 9.17) is 10.5 Å². The molecule has 3 rings (SSSR count). The van der Waals surface area contributed by atoms with Crippen LogP contribution >= 0.6 is 11.8 Å². The van der Waals surface area contributed by atoms with Crippen molar-refractivity contribution in [3.05, 3.63) is 60.4 Å². The number of nitrogen functional groups attached to an aromatic ring is 1. The third-order valence-corrected chi connectivity index (χ3v) is 4.35. The number of carbonyl (C=O) groups excluding carboxylic acids is 1. The van der Waals surface area contributed by atoms with E-state index >= 15 is 0 Å². The van der Waals surface area contributed by atoms with Crippen LogP contribution in [0.4, 0.5) is 17.2 Å². The molecular weight excluding hydrogens is 390 g/mol. The highest BCUT2D eigenvalue weighted by molar-refractivity contribution is 7.98. The van der Waals surface area contributed by atoms with E-state index in [0.29, 0.717) is 30.5 Å². The number of nitrogens with two attached hydrogens (primary N) is 1. The molecule has 0 aromatic carbocycles. The number of anilines is 3. The molecule has 0 saturated heterocycles. The van der Waals surface area contributed by atoms with Crippen molar-refractivity contribution in [2.45, 2.75) is 6.54 Å². The van der Waals surface area contributed by atoms with Gasteiger partial charge in [-0.1, -0.05) is 0 Å². The van der Waals surface area contributed by atoms with E-state index < -0.39 is 0 Å². The Bertz CT molecular complexity index is 953. The van der Waals surface area contributed by atoms with Gasteiger partial charge in [0.2, 0.25) is 5.88 Å². The Hall–Kier alpha value is -3.40. The Morgan fingerprint density at radius 2 is 2.07 bits per heavy atom. The predicted octanol–water partition coefficient (Wildman–Crippen LogP) is 2.46. The third-order valence-electron chi connectivity index (χ3n) is 3.77. The molecule has 9 nitrogen and oxygen atoms in total. The van der Waals surface area contributed by atoms with Gasteiger partial charge in [-0.3, -0.25) is 9.78 Å². The molecule has 3 aromatic rings. The zero-order valence-corrected chi connectivity index (χ0v) is 16.6. The average molecular weight is 411 g/mol. The summed E-state index contributed by atoms with van der Waals surface area (Å²) >= 11 is 1.68. The second-order valence-corrected chi connectivity index (χ2v) is 6.85. The minimum absolute atomic E-state index is 0.196. The van der Waals surface area contributed by atoms with Crippen molar-refractivity contribution < 1.29 is 9.53 Å². The highest BCUT2D eigenvalue weighted by Crippen LogP contribution is 2.16. The highest BCUT2D eigenvalue weighted by Gasteiger charge is 2.10. The van der Waals surface area contributed by atoms with Gasteiger partial charge in [-0.05, 0) is 30.5 Å². The molecular formula is C19H21N7O2S. The fourth-order valence-corrected chi connectivity index (χ4v) is 2.59. The van der Waals surface area contributed by atoms with Crippen LogP contribution in [0.3, 0.4) is 0 Å². The topological polar surface area (TPSA) is 128 Å². The van der Waals surface area contributed by atoms with Gasteiger partial charge < -0.3 is 21.1 Å². The Kier molecular flexibility index (Phi) is 7.17. The first-order chi connectivity index (χ1) is 14.2. The summed E-state index contributed by atoms with van der Waals surface area (Å²) in [6, 6.07) is 7.10. The molecule has 29 heavy (non-hydrogen) atoms. The maximum atomic E-state index is 12.4. The van der Waals surface area contributed by atoms with Crippen molar-refractivity contribution in [1.82, 2.24) is 19.9 Å². The lowest BCUT2D eigenvalue weighted by Crippen LogP contribution is -2.15. The molecule has 150 valence electrons. The minimum atomic E-state index is -0.366. The average Bonchev–Trinajstić information content (AvgIpc) is 2.74. The summed E-state index contributed by atoms with van der Waals surface area (Å²) in [4.78, 5) is 28.9. The Labute approximate surface area is 172 Å². The number of carbonyl (C=O) groups is 1. The lowest BCUT2D eigenvalue weighted by molar-refractivity contribution is 0.102. The monoisotopic (exact) mass is 411 g/mol. The number of pyridine rings is 2. The van der Waals surface area contributed by atoms with E-state index in [1.165, 1.54) is 12.4 Å². The second kappa shape index (κ2) is 10.2. The lowest BCUT2D eigenvalue weighted by atomic mass is 10.3. The van der Waals surface area contributed by atoms with E-state index in [1.54, 1.807) is 42.4 Å². The fourth-order valence-electron chi connectivity index (χ4n) is 2.34. The second-order valence-electron chi connectivity index (χ2n) is 5.86. The Morgan fingerprint density at radius 3 is 2.83 bits per heavy atom. The molecule has 0 atom stereocenters. The molecule has 3 aromatic heterocycles. The number of nitrogens with one attached hydrogen (secondary N) is 2. The van der Waals surface area contributed by atoms with Crippen molar-refractivity contribution >= 4 is 34.9 Å². The van der Waals surface area contributed by atoms with E-state index in [2.05, 4.69) is 30.6 Å². The summed E-state index contributed by atoms with van der Waals surface area (Å²) in [6.45, 7) is 0.974. The largest absolute Gasteiger partial charge is 0.476 e. The number of ether oxygens (including phenoxy) is 1. The van der Waals surface area contributed by atoms with Gasteiger partial charge >= 0.3 is 0 Å². The van der Waals surface area contributed by atoms with Crippen LogP contribution in [0.25, 0.3) is 0 Å². The number of thioether (sulfide) groups is 1. The van der Waals surface area contributed by atoms with E-state index in [-0.39, 0.29) is 11.6 Å². The van der Waals surface area contributed by atoms with E-state index in [9.17, 15) is 4.79 Å². The van der Waals surface area contributed by atoms with Crippen LogP contribution in [0.15, 0.2) is 49.1 Å².